The maximum atomic E-state index is 6.11. The largest absolute Gasteiger partial charge is 0.494 e. The molecule has 0 saturated heterocycles. The van der Waals surface area contributed by atoms with Gasteiger partial charge in [-0.1, -0.05) is 29.8 Å². The van der Waals surface area contributed by atoms with Crippen LogP contribution in [0.5, 0.6) is 5.75 Å². The summed E-state index contributed by atoms with van der Waals surface area (Å²) in [5.74, 6) is 0.884. The van der Waals surface area contributed by atoms with E-state index in [-0.39, 0.29) is 0 Å². The molecule has 0 unspecified atom stereocenters. The van der Waals surface area contributed by atoms with Crippen LogP contribution < -0.4 is 10.1 Å². The normalized spacial score (nSPS) is 10.3. The quantitative estimate of drug-likeness (QED) is 0.857. The van der Waals surface area contributed by atoms with Crippen LogP contribution in [-0.2, 0) is 6.54 Å². The Hall–Kier alpha value is -1.67. The van der Waals surface area contributed by atoms with E-state index in [0.717, 1.165) is 34.1 Å². The van der Waals surface area contributed by atoms with Crippen LogP contribution in [-0.4, -0.2) is 6.61 Å². The zero-order valence-electron chi connectivity index (χ0n) is 11.2. The molecule has 100 valence electrons. The number of hydrogen-bond acceptors (Lipinski definition) is 2. The van der Waals surface area contributed by atoms with Gasteiger partial charge in [0.15, 0.2) is 0 Å². The van der Waals surface area contributed by atoms with Crippen molar-refractivity contribution >= 4 is 17.3 Å². The van der Waals surface area contributed by atoms with Gasteiger partial charge >= 0.3 is 0 Å². The number of nitrogens with one attached hydrogen (secondary N) is 1. The van der Waals surface area contributed by atoms with Crippen LogP contribution in [0, 0.1) is 6.92 Å². The molecule has 0 aliphatic rings. The zero-order chi connectivity index (χ0) is 13.7. The SMILES string of the molecule is CCOc1cccc(NCc2ccc(C)c(Cl)c2)c1. The summed E-state index contributed by atoms with van der Waals surface area (Å²) in [5.41, 5.74) is 3.31. The first-order chi connectivity index (χ1) is 9.19. The minimum absolute atomic E-state index is 0.678. The number of hydrogen-bond donors (Lipinski definition) is 1. The lowest BCUT2D eigenvalue weighted by molar-refractivity contribution is 0.340. The molecule has 0 aliphatic heterocycles. The Balaban J connectivity index is 2.01. The number of ether oxygens (including phenoxy) is 1. The van der Waals surface area contributed by atoms with Crippen molar-refractivity contribution in [1.29, 1.82) is 0 Å². The lowest BCUT2D eigenvalue weighted by Gasteiger charge is -2.09. The first-order valence-electron chi connectivity index (χ1n) is 6.41. The molecule has 2 aromatic carbocycles. The van der Waals surface area contributed by atoms with Crippen molar-refractivity contribution in [3.05, 3.63) is 58.6 Å². The van der Waals surface area contributed by atoms with Crippen LogP contribution in [0.15, 0.2) is 42.5 Å². The average Bonchev–Trinajstić information content (AvgIpc) is 2.41. The van der Waals surface area contributed by atoms with Crippen molar-refractivity contribution in [2.24, 2.45) is 0 Å². The summed E-state index contributed by atoms with van der Waals surface area (Å²) in [7, 11) is 0. The Kier molecular flexibility index (Phi) is 4.69. The minimum Gasteiger partial charge on any atom is -0.494 e. The lowest BCUT2D eigenvalue weighted by atomic mass is 10.1. The molecule has 0 bridgehead atoms. The summed E-state index contributed by atoms with van der Waals surface area (Å²) in [6.45, 7) is 5.41. The van der Waals surface area contributed by atoms with Crippen LogP contribution >= 0.6 is 11.6 Å². The molecule has 2 rings (SSSR count). The van der Waals surface area contributed by atoms with Crippen LogP contribution in [0.3, 0.4) is 0 Å². The smallest absolute Gasteiger partial charge is 0.121 e. The molecule has 0 aromatic heterocycles. The highest BCUT2D eigenvalue weighted by Gasteiger charge is 1.99. The van der Waals surface area contributed by atoms with Gasteiger partial charge in [0.2, 0.25) is 0 Å². The molecule has 19 heavy (non-hydrogen) atoms. The fourth-order valence-electron chi connectivity index (χ4n) is 1.81. The molecule has 3 heteroatoms. The summed E-state index contributed by atoms with van der Waals surface area (Å²) in [4.78, 5) is 0. The van der Waals surface area contributed by atoms with Gasteiger partial charge in [-0.2, -0.15) is 0 Å². The van der Waals surface area contributed by atoms with E-state index >= 15 is 0 Å². The van der Waals surface area contributed by atoms with Gasteiger partial charge in [-0.25, -0.2) is 0 Å². The molecule has 2 aromatic rings. The van der Waals surface area contributed by atoms with Crippen molar-refractivity contribution in [1.82, 2.24) is 0 Å². The summed E-state index contributed by atoms with van der Waals surface area (Å²) < 4.78 is 5.47. The molecular formula is C16H18ClNO. The molecule has 0 aliphatic carbocycles. The van der Waals surface area contributed by atoms with Gasteiger partial charge in [0, 0.05) is 23.3 Å². The first-order valence-corrected chi connectivity index (χ1v) is 6.78. The number of benzene rings is 2. The summed E-state index contributed by atoms with van der Waals surface area (Å²) in [6.07, 6.45) is 0. The van der Waals surface area contributed by atoms with E-state index in [1.165, 1.54) is 0 Å². The van der Waals surface area contributed by atoms with Gasteiger partial charge in [0.05, 0.1) is 6.61 Å². The number of rotatable bonds is 5. The summed E-state index contributed by atoms with van der Waals surface area (Å²) >= 11 is 6.11. The maximum absolute atomic E-state index is 6.11. The highest BCUT2D eigenvalue weighted by atomic mass is 35.5. The topological polar surface area (TPSA) is 21.3 Å². The predicted octanol–water partition coefficient (Wildman–Crippen LogP) is 4.66. The van der Waals surface area contributed by atoms with Crippen LogP contribution in [0.4, 0.5) is 5.69 Å². The second-order valence-corrected chi connectivity index (χ2v) is 4.81. The van der Waals surface area contributed by atoms with Gasteiger partial charge < -0.3 is 10.1 Å². The summed E-state index contributed by atoms with van der Waals surface area (Å²) in [6, 6.07) is 14.1. The van der Waals surface area contributed by atoms with Gasteiger partial charge in [-0.3, -0.25) is 0 Å². The maximum Gasteiger partial charge on any atom is 0.121 e. The third-order valence-corrected chi connectivity index (χ3v) is 3.29. The standard InChI is InChI=1S/C16H18ClNO/c1-3-19-15-6-4-5-14(10-15)18-11-13-8-7-12(2)16(17)9-13/h4-10,18H,3,11H2,1-2H3. The van der Waals surface area contributed by atoms with Crippen LogP contribution in [0.1, 0.15) is 18.1 Å². The second-order valence-electron chi connectivity index (χ2n) is 4.40. The molecule has 0 spiro atoms. The van der Waals surface area contributed by atoms with Crippen molar-refractivity contribution in [2.75, 3.05) is 11.9 Å². The Morgan fingerprint density at radius 1 is 1.16 bits per heavy atom. The van der Waals surface area contributed by atoms with E-state index in [2.05, 4.69) is 11.4 Å². The number of anilines is 1. The second kappa shape index (κ2) is 6.48. The molecule has 0 amide bonds. The Morgan fingerprint density at radius 3 is 2.74 bits per heavy atom. The molecular weight excluding hydrogens is 258 g/mol. The lowest BCUT2D eigenvalue weighted by Crippen LogP contribution is -2.00. The molecule has 1 N–H and O–H groups in total. The number of halogens is 1. The predicted molar refractivity (Wildman–Crippen MR) is 81.1 cm³/mol. The average molecular weight is 276 g/mol. The Labute approximate surface area is 119 Å². The van der Waals surface area contributed by atoms with Gasteiger partial charge in [0.25, 0.3) is 0 Å². The van der Waals surface area contributed by atoms with E-state index in [0.29, 0.717) is 6.61 Å². The highest BCUT2D eigenvalue weighted by molar-refractivity contribution is 6.31. The number of aryl methyl sites for hydroxylation is 1. The van der Waals surface area contributed by atoms with Crippen molar-refractivity contribution < 1.29 is 4.74 Å². The van der Waals surface area contributed by atoms with E-state index in [4.69, 9.17) is 16.3 Å². The van der Waals surface area contributed by atoms with Crippen molar-refractivity contribution in [3.8, 4) is 5.75 Å². The zero-order valence-corrected chi connectivity index (χ0v) is 12.0. The van der Waals surface area contributed by atoms with Crippen molar-refractivity contribution in [2.45, 2.75) is 20.4 Å². The van der Waals surface area contributed by atoms with E-state index in [9.17, 15) is 0 Å². The van der Waals surface area contributed by atoms with Crippen molar-refractivity contribution in [3.63, 3.8) is 0 Å². The molecule has 0 fully saturated rings. The summed E-state index contributed by atoms with van der Waals surface area (Å²) in [5, 5.41) is 4.18. The van der Waals surface area contributed by atoms with E-state index < -0.39 is 0 Å². The monoisotopic (exact) mass is 275 g/mol. The Bertz CT molecular complexity index is 554. The molecule has 0 atom stereocenters. The molecule has 0 heterocycles. The van der Waals surface area contributed by atoms with Gasteiger partial charge in [-0.15, -0.1) is 0 Å². The van der Waals surface area contributed by atoms with Crippen LogP contribution in [0.2, 0.25) is 5.02 Å². The van der Waals surface area contributed by atoms with E-state index in [1.807, 2.05) is 50.2 Å². The fourth-order valence-corrected chi connectivity index (χ4v) is 2.02. The third kappa shape index (κ3) is 3.90. The fraction of sp³-hybridized carbons (Fsp3) is 0.250. The molecule has 2 nitrogen and oxygen atoms in total. The molecule has 0 radical (unpaired) electrons. The molecule has 0 saturated carbocycles. The van der Waals surface area contributed by atoms with E-state index in [1.54, 1.807) is 0 Å². The Morgan fingerprint density at radius 2 is 2.00 bits per heavy atom. The van der Waals surface area contributed by atoms with Crippen LogP contribution in [0.25, 0.3) is 0 Å². The minimum atomic E-state index is 0.678. The third-order valence-electron chi connectivity index (χ3n) is 2.88. The van der Waals surface area contributed by atoms with Gasteiger partial charge in [-0.05, 0) is 43.2 Å². The van der Waals surface area contributed by atoms with Gasteiger partial charge in [0.1, 0.15) is 5.75 Å². The first kappa shape index (κ1) is 13.8. The highest BCUT2D eigenvalue weighted by Crippen LogP contribution is 2.20.